The molecule has 0 aliphatic heterocycles. The van der Waals surface area contributed by atoms with Crippen molar-refractivity contribution in [3.05, 3.63) is 40.4 Å². The molecule has 0 nitrogen and oxygen atoms in total. The van der Waals surface area contributed by atoms with Crippen molar-refractivity contribution in [1.29, 1.82) is 0 Å². The summed E-state index contributed by atoms with van der Waals surface area (Å²) in [5.41, 5.74) is 1.69. The molecule has 76 valence electrons. The molecule has 0 atom stereocenters. The highest BCUT2D eigenvalue weighted by Gasteiger charge is 2.06. The summed E-state index contributed by atoms with van der Waals surface area (Å²) in [4.78, 5) is -0.458. The van der Waals surface area contributed by atoms with Gasteiger partial charge in [-0.3, -0.25) is 0 Å². The van der Waals surface area contributed by atoms with Crippen LogP contribution < -0.4 is 0 Å². The largest absolute Gasteiger partial charge is 0.111 e. The molecule has 0 heterocycles. The maximum Gasteiger partial charge on any atom is 0.111 e. The number of rotatable bonds is 3. The zero-order valence-electron chi connectivity index (χ0n) is 7.24. The molecule has 0 fully saturated rings. The Hall–Kier alpha value is 0.120. The van der Waals surface area contributed by atoms with Crippen molar-refractivity contribution in [2.24, 2.45) is 0 Å². The van der Waals surface area contributed by atoms with E-state index in [1.54, 1.807) is 18.2 Å². The van der Waals surface area contributed by atoms with E-state index < -0.39 is 4.84 Å². The number of benzene rings is 1. The SMILES string of the molecule is C=C(CC(Cl)Cl)c1cc(Cl)cc(Cl)c1. The first-order valence-electron chi connectivity index (χ1n) is 3.91. The minimum absolute atomic E-state index is 0.458. The van der Waals surface area contributed by atoms with Gasteiger partial charge in [0.15, 0.2) is 0 Å². The molecule has 0 spiro atoms. The van der Waals surface area contributed by atoms with Crippen molar-refractivity contribution in [3.8, 4) is 0 Å². The fraction of sp³-hybridized carbons (Fsp3) is 0.200. The number of hydrogen-bond donors (Lipinski definition) is 0. The van der Waals surface area contributed by atoms with E-state index in [0.29, 0.717) is 16.5 Å². The lowest BCUT2D eigenvalue weighted by molar-refractivity contribution is 1.18. The topological polar surface area (TPSA) is 0 Å². The van der Waals surface area contributed by atoms with Crippen molar-refractivity contribution in [2.45, 2.75) is 11.3 Å². The maximum absolute atomic E-state index is 5.84. The van der Waals surface area contributed by atoms with Crippen LogP contribution in [0.4, 0.5) is 0 Å². The lowest BCUT2D eigenvalue weighted by atomic mass is 10.1. The van der Waals surface area contributed by atoms with Crippen LogP contribution in [0.1, 0.15) is 12.0 Å². The van der Waals surface area contributed by atoms with E-state index >= 15 is 0 Å². The molecule has 1 aromatic rings. The average Bonchev–Trinajstić information content (AvgIpc) is 2.00. The van der Waals surface area contributed by atoms with Gasteiger partial charge < -0.3 is 0 Å². The second kappa shape index (κ2) is 5.27. The monoisotopic (exact) mass is 268 g/mol. The number of hydrogen-bond acceptors (Lipinski definition) is 0. The summed E-state index contributed by atoms with van der Waals surface area (Å²) in [6.07, 6.45) is 0.500. The van der Waals surface area contributed by atoms with Gasteiger partial charge in [-0.25, -0.2) is 0 Å². The van der Waals surface area contributed by atoms with Gasteiger partial charge in [-0.2, -0.15) is 0 Å². The number of allylic oxidation sites excluding steroid dienone is 1. The van der Waals surface area contributed by atoms with E-state index in [1.165, 1.54) is 0 Å². The fourth-order valence-electron chi connectivity index (χ4n) is 1.06. The van der Waals surface area contributed by atoms with Crippen LogP contribution in [0.5, 0.6) is 0 Å². The second-order valence-corrected chi connectivity index (χ2v) is 5.01. The maximum atomic E-state index is 5.84. The molecule has 0 saturated carbocycles. The molecule has 0 saturated heterocycles. The Morgan fingerprint density at radius 3 is 2.07 bits per heavy atom. The van der Waals surface area contributed by atoms with E-state index in [0.717, 1.165) is 11.1 Å². The van der Waals surface area contributed by atoms with Crippen LogP contribution in [0, 0.1) is 0 Å². The Morgan fingerprint density at radius 1 is 1.14 bits per heavy atom. The lowest BCUT2D eigenvalue weighted by Gasteiger charge is -2.07. The van der Waals surface area contributed by atoms with Gasteiger partial charge in [0.05, 0.1) is 0 Å². The third-order valence-corrected chi connectivity index (χ3v) is 2.42. The van der Waals surface area contributed by atoms with Crippen LogP contribution in [0.25, 0.3) is 5.57 Å². The van der Waals surface area contributed by atoms with Crippen LogP contribution in [-0.2, 0) is 0 Å². The molecule has 0 radical (unpaired) electrons. The Kier molecular flexibility index (Phi) is 4.59. The molecule has 1 rings (SSSR count). The van der Waals surface area contributed by atoms with E-state index in [9.17, 15) is 0 Å². The smallest absolute Gasteiger partial charge is 0.105 e. The van der Waals surface area contributed by atoms with Crippen molar-refractivity contribution < 1.29 is 0 Å². The van der Waals surface area contributed by atoms with E-state index in [2.05, 4.69) is 6.58 Å². The summed E-state index contributed by atoms with van der Waals surface area (Å²) in [5.74, 6) is 0. The summed E-state index contributed by atoms with van der Waals surface area (Å²) >= 11 is 23.0. The normalized spacial score (nSPS) is 10.6. The zero-order valence-corrected chi connectivity index (χ0v) is 10.3. The molecule has 14 heavy (non-hydrogen) atoms. The first kappa shape index (κ1) is 12.2. The Bertz CT molecular complexity index is 324. The van der Waals surface area contributed by atoms with Crippen molar-refractivity contribution in [2.75, 3.05) is 0 Å². The highest BCUT2D eigenvalue weighted by molar-refractivity contribution is 6.44. The third-order valence-electron chi connectivity index (χ3n) is 1.67. The average molecular weight is 270 g/mol. The van der Waals surface area contributed by atoms with Gasteiger partial charge in [-0.1, -0.05) is 29.8 Å². The standard InChI is InChI=1S/C10H8Cl4/c1-6(2-10(13)14)7-3-8(11)5-9(12)4-7/h3-5,10H,1-2H2. The zero-order chi connectivity index (χ0) is 10.7. The lowest BCUT2D eigenvalue weighted by Crippen LogP contribution is -1.90. The molecular weight excluding hydrogens is 262 g/mol. The predicted octanol–water partition coefficient (Wildman–Crippen LogP) is 5.20. The summed E-state index contributed by atoms with van der Waals surface area (Å²) in [5, 5.41) is 1.16. The Morgan fingerprint density at radius 2 is 1.64 bits per heavy atom. The molecule has 0 amide bonds. The molecule has 0 aliphatic carbocycles. The molecule has 1 aromatic carbocycles. The van der Waals surface area contributed by atoms with Crippen LogP contribution in [0.15, 0.2) is 24.8 Å². The second-order valence-electron chi connectivity index (χ2n) is 2.86. The van der Waals surface area contributed by atoms with Gasteiger partial charge in [-0.05, 0) is 29.3 Å². The quantitative estimate of drug-likeness (QED) is 0.662. The molecule has 0 bridgehead atoms. The first-order chi connectivity index (χ1) is 6.49. The van der Waals surface area contributed by atoms with Crippen molar-refractivity contribution >= 4 is 52.0 Å². The van der Waals surface area contributed by atoms with Gasteiger partial charge in [0.1, 0.15) is 4.84 Å². The Labute approximate surface area is 103 Å². The van der Waals surface area contributed by atoms with E-state index in [4.69, 9.17) is 46.4 Å². The minimum atomic E-state index is -0.458. The van der Waals surface area contributed by atoms with Crippen LogP contribution >= 0.6 is 46.4 Å². The molecule has 0 aliphatic rings. The summed E-state index contributed by atoms with van der Waals surface area (Å²) in [6.45, 7) is 3.86. The fourth-order valence-corrected chi connectivity index (χ4v) is 1.96. The number of alkyl halides is 2. The summed E-state index contributed by atoms with van der Waals surface area (Å²) in [7, 11) is 0. The minimum Gasteiger partial charge on any atom is -0.105 e. The highest BCUT2D eigenvalue weighted by atomic mass is 35.5. The van der Waals surface area contributed by atoms with Crippen LogP contribution in [-0.4, -0.2) is 4.84 Å². The van der Waals surface area contributed by atoms with Crippen molar-refractivity contribution in [3.63, 3.8) is 0 Å². The molecule has 0 N–H and O–H groups in total. The summed E-state index contributed by atoms with van der Waals surface area (Å²) in [6, 6.07) is 5.23. The van der Waals surface area contributed by atoms with Gasteiger partial charge >= 0.3 is 0 Å². The van der Waals surface area contributed by atoms with Gasteiger partial charge in [0.2, 0.25) is 0 Å². The van der Waals surface area contributed by atoms with Gasteiger partial charge in [0.25, 0.3) is 0 Å². The summed E-state index contributed by atoms with van der Waals surface area (Å²) < 4.78 is 0. The number of halogens is 4. The predicted molar refractivity (Wildman–Crippen MR) is 65.6 cm³/mol. The third kappa shape index (κ3) is 3.70. The van der Waals surface area contributed by atoms with Gasteiger partial charge in [-0.15, -0.1) is 23.2 Å². The van der Waals surface area contributed by atoms with E-state index in [-0.39, 0.29) is 0 Å². The van der Waals surface area contributed by atoms with Crippen molar-refractivity contribution in [1.82, 2.24) is 0 Å². The highest BCUT2D eigenvalue weighted by Crippen LogP contribution is 2.27. The Balaban J connectivity index is 2.90. The molecule has 0 unspecified atom stereocenters. The van der Waals surface area contributed by atoms with Crippen LogP contribution in [0.3, 0.4) is 0 Å². The molecule has 4 heteroatoms. The van der Waals surface area contributed by atoms with Crippen LogP contribution in [0.2, 0.25) is 10.0 Å². The van der Waals surface area contributed by atoms with E-state index in [1.807, 2.05) is 0 Å². The molecular formula is C10H8Cl4. The molecule has 0 aromatic heterocycles. The van der Waals surface area contributed by atoms with Gasteiger partial charge in [0, 0.05) is 16.5 Å². The first-order valence-corrected chi connectivity index (χ1v) is 5.54.